The maximum Gasteiger partial charge on any atom is 0.307 e. The fourth-order valence-corrected chi connectivity index (χ4v) is 1.46. The molecule has 0 aromatic heterocycles. The largest absolute Gasteiger partial charge is 0.481 e. The Labute approximate surface area is 72.8 Å². The number of carboxylic acid groups (broad SMARTS) is 1. The molecule has 0 amide bonds. The SMILES string of the molecule is CCC(CC)C(CC=O)C(=O)O. The first-order chi connectivity index (χ1) is 5.67. The van der Waals surface area contributed by atoms with Crippen LogP contribution in [0.5, 0.6) is 0 Å². The maximum absolute atomic E-state index is 10.7. The molecule has 0 aliphatic rings. The van der Waals surface area contributed by atoms with Gasteiger partial charge < -0.3 is 9.90 Å². The van der Waals surface area contributed by atoms with Crippen molar-refractivity contribution in [3.8, 4) is 0 Å². The second-order valence-corrected chi connectivity index (χ2v) is 2.92. The van der Waals surface area contributed by atoms with Gasteiger partial charge in [-0.1, -0.05) is 26.7 Å². The predicted octanol–water partition coefficient (Wildman–Crippen LogP) is 1.71. The zero-order valence-corrected chi connectivity index (χ0v) is 7.62. The number of carbonyl (C=O) groups excluding carboxylic acids is 1. The van der Waals surface area contributed by atoms with Crippen molar-refractivity contribution in [2.24, 2.45) is 11.8 Å². The highest BCUT2D eigenvalue weighted by Gasteiger charge is 2.24. The number of hydrogen-bond acceptors (Lipinski definition) is 2. The normalized spacial score (nSPS) is 12.9. The highest BCUT2D eigenvalue weighted by atomic mass is 16.4. The van der Waals surface area contributed by atoms with Gasteiger partial charge in [-0.2, -0.15) is 0 Å². The summed E-state index contributed by atoms with van der Waals surface area (Å²) in [6.45, 7) is 3.91. The maximum atomic E-state index is 10.7. The van der Waals surface area contributed by atoms with Crippen molar-refractivity contribution < 1.29 is 14.7 Å². The molecular formula is C9H16O3. The molecule has 0 aromatic carbocycles. The van der Waals surface area contributed by atoms with Crippen LogP contribution in [0.3, 0.4) is 0 Å². The zero-order chi connectivity index (χ0) is 9.56. The van der Waals surface area contributed by atoms with Crippen LogP contribution >= 0.6 is 0 Å². The fraction of sp³-hybridized carbons (Fsp3) is 0.778. The average molecular weight is 172 g/mol. The molecule has 3 nitrogen and oxygen atoms in total. The molecule has 0 aliphatic carbocycles. The Morgan fingerprint density at radius 3 is 2.17 bits per heavy atom. The van der Waals surface area contributed by atoms with E-state index in [-0.39, 0.29) is 12.3 Å². The molecule has 0 fully saturated rings. The molecule has 0 saturated heterocycles. The van der Waals surface area contributed by atoms with Crippen molar-refractivity contribution >= 4 is 12.3 Å². The monoisotopic (exact) mass is 172 g/mol. The van der Waals surface area contributed by atoms with Gasteiger partial charge in [-0.05, 0) is 5.92 Å². The lowest BCUT2D eigenvalue weighted by molar-refractivity contribution is -0.145. The smallest absolute Gasteiger partial charge is 0.307 e. The molecule has 0 saturated carbocycles. The minimum Gasteiger partial charge on any atom is -0.481 e. The third-order valence-electron chi connectivity index (χ3n) is 2.29. The molecule has 70 valence electrons. The summed E-state index contributed by atoms with van der Waals surface area (Å²) >= 11 is 0. The Morgan fingerprint density at radius 2 is 1.92 bits per heavy atom. The van der Waals surface area contributed by atoms with Gasteiger partial charge in [0.1, 0.15) is 6.29 Å². The van der Waals surface area contributed by atoms with Crippen LogP contribution in [0.25, 0.3) is 0 Å². The van der Waals surface area contributed by atoms with E-state index in [1.807, 2.05) is 13.8 Å². The van der Waals surface area contributed by atoms with E-state index in [9.17, 15) is 9.59 Å². The standard InChI is InChI=1S/C9H16O3/c1-3-7(4-2)8(5-6-10)9(11)12/h6-8H,3-5H2,1-2H3,(H,11,12). The Hall–Kier alpha value is -0.860. The highest BCUT2D eigenvalue weighted by Crippen LogP contribution is 2.21. The van der Waals surface area contributed by atoms with Gasteiger partial charge in [-0.25, -0.2) is 0 Å². The van der Waals surface area contributed by atoms with Gasteiger partial charge in [0.2, 0.25) is 0 Å². The first-order valence-corrected chi connectivity index (χ1v) is 4.33. The van der Waals surface area contributed by atoms with E-state index in [1.54, 1.807) is 0 Å². The topological polar surface area (TPSA) is 54.4 Å². The van der Waals surface area contributed by atoms with Crippen molar-refractivity contribution in [3.05, 3.63) is 0 Å². The summed E-state index contributed by atoms with van der Waals surface area (Å²) in [6.07, 6.45) is 2.47. The van der Waals surface area contributed by atoms with Crippen LogP contribution in [0.4, 0.5) is 0 Å². The van der Waals surface area contributed by atoms with Crippen molar-refractivity contribution in [1.29, 1.82) is 0 Å². The van der Waals surface area contributed by atoms with E-state index in [0.717, 1.165) is 12.8 Å². The van der Waals surface area contributed by atoms with Gasteiger partial charge in [-0.15, -0.1) is 0 Å². The number of carbonyl (C=O) groups is 2. The lowest BCUT2D eigenvalue weighted by atomic mass is 9.86. The molecule has 0 heterocycles. The third-order valence-corrected chi connectivity index (χ3v) is 2.29. The summed E-state index contributed by atoms with van der Waals surface area (Å²) in [5.41, 5.74) is 0. The van der Waals surface area contributed by atoms with E-state index in [4.69, 9.17) is 5.11 Å². The molecule has 1 unspecified atom stereocenters. The summed E-state index contributed by atoms with van der Waals surface area (Å²) in [7, 11) is 0. The van der Waals surface area contributed by atoms with Crippen molar-refractivity contribution in [1.82, 2.24) is 0 Å². The molecule has 3 heteroatoms. The van der Waals surface area contributed by atoms with Gasteiger partial charge in [-0.3, -0.25) is 4.79 Å². The van der Waals surface area contributed by atoms with Crippen molar-refractivity contribution in [2.45, 2.75) is 33.1 Å². The Kier molecular flexibility index (Phi) is 5.34. The molecule has 0 rings (SSSR count). The van der Waals surface area contributed by atoms with Crippen LogP contribution in [-0.2, 0) is 9.59 Å². The zero-order valence-electron chi connectivity index (χ0n) is 7.62. The molecule has 0 aliphatic heterocycles. The molecule has 0 bridgehead atoms. The van der Waals surface area contributed by atoms with Crippen LogP contribution in [0, 0.1) is 11.8 Å². The Balaban J connectivity index is 4.24. The Bertz CT molecular complexity index is 150. The van der Waals surface area contributed by atoms with E-state index >= 15 is 0 Å². The van der Waals surface area contributed by atoms with Crippen LogP contribution in [-0.4, -0.2) is 17.4 Å². The number of aldehydes is 1. The van der Waals surface area contributed by atoms with E-state index in [2.05, 4.69) is 0 Å². The van der Waals surface area contributed by atoms with Gasteiger partial charge in [0, 0.05) is 6.42 Å². The van der Waals surface area contributed by atoms with Gasteiger partial charge in [0.05, 0.1) is 5.92 Å². The van der Waals surface area contributed by atoms with Crippen LogP contribution in [0.1, 0.15) is 33.1 Å². The minimum absolute atomic E-state index is 0.132. The molecule has 0 spiro atoms. The van der Waals surface area contributed by atoms with Gasteiger partial charge in [0.25, 0.3) is 0 Å². The number of aliphatic carboxylic acids is 1. The fourth-order valence-electron chi connectivity index (χ4n) is 1.46. The summed E-state index contributed by atoms with van der Waals surface area (Å²) < 4.78 is 0. The summed E-state index contributed by atoms with van der Waals surface area (Å²) in [5.74, 6) is -1.21. The number of hydrogen-bond donors (Lipinski definition) is 1. The number of rotatable bonds is 6. The summed E-state index contributed by atoms with van der Waals surface area (Å²) in [4.78, 5) is 20.9. The summed E-state index contributed by atoms with van der Waals surface area (Å²) in [5, 5.41) is 8.78. The van der Waals surface area contributed by atoms with Gasteiger partial charge >= 0.3 is 5.97 Å². The molecule has 0 radical (unpaired) electrons. The second-order valence-electron chi connectivity index (χ2n) is 2.92. The molecule has 1 atom stereocenters. The van der Waals surface area contributed by atoms with Crippen LogP contribution in [0.2, 0.25) is 0 Å². The molecule has 12 heavy (non-hydrogen) atoms. The van der Waals surface area contributed by atoms with Crippen LogP contribution in [0.15, 0.2) is 0 Å². The van der Waals surface area contributed by atoms with E-state index in [0.29, 0.717) is 6.29 Å². The molecular weight excluding hydrogens is 156 g/mol. The first-order valence-electron chi connectivity index (χ1n) is 4.33. The van der Waals surface area contributed by atoms with Crippen LogP contribution < -0.4 is 0 Å². The first kappa shape index (κ1) is 11.1. The van der Waals surface area contributed by atoms with E-state index < -0.39 is 11.9 Å². The molecule has 1 N–H and O–H groups in total. The Morgan fingerprint density at radius 1 is 1.42 bits per heavy atom. The summed E-state index contributed by atoms with van der Waals surface area (Å²) in [6, 6.07) is 0. The lowest BCUT2D eigenvalue weighted by Crippen LogP contribution is -2.23. The van der Waals surface area contributed by atoms with Gasteiger partial charge in [0.15, 0.2) is 0 Å². The quantitative estimate of drug-likeness (QED) is 0.620. The van der Waals surface area contributed by atoms with Crippen molar-refractivity contribution in [3.63, 3.8) is 0 Å². The van der Waals surface area contributed by atoms with Crippen molar-refractivity contribution in [2.75, 3.05) is 0 Å². The lowest BCUT2D eigenvalue weighted by Gasteiger charge is -2.18. The molecule has 0 aromatic rings. The third kappa shape index (κ3) is 3.03. The minimum atomic E-state index is -0.851. The predicted molar refractivity (Wildman–Crippen MR) is 45.9 cm³/mol. The number of carboxylic acids is 1. The van der Waals surface area contributed by atoms with E-state index in [1.165, 1.54) is 0 Å². The average Bonchev–Trinajstić information content (AvgIpc) is 2.05. The second kappa shape index (κ2) is 5.75. The highest BCUT2D eigenvalue weighted by molar-refractivity contribution is 5.73.